The zero-order chi connectivity index (χ0) is 15.2. The average molecular weight is 287 g/mol. The molecule has 1 aromatic heterocycles. The summed E-state index contributed by atoms with van der Waals surface area (Å²) in [5.41, 5.74) is 1.05. The van der Waals surface area contributed by atoms with Gasteiger partial charge in [0.25, 0.3) is 5.56 Å². The molecule has 0 aliphatic heterocycles. The van der Waals surface area contributed by atoms with Crippen molar-refractivity contribution in [2.45, 2.75) is 32.5 Å². The van der Waals surface area contributed by atoms with Crippen LogP contribution in [0.3, 0.4) is 0 Å². The Bertz CT molecular complexity index is 620. The summed E-state index contributed by atoms with van der Waals surface area (Å²) in [6, 6.07) is 9.43. The molecule has 1 heterocycles. The van der Waals surface area contributed by atoms with Crippen molar-refractivity contribution in [3.63, 3.8) is 0 Å². The standard InChI is InChI=1S/C16H21N3O2/c1-12(2)21-14-6-4-13(5-7-14)15(17-3)10-19-11-18-9-8-16(19)20/h4-9,11-12,15,17H,10H2,1-3H3. The van der Waals surface area contributed by atoms with Crippen molar-refractivity contribution in [2.75, 3.05) is 7.05 Å². The highest BCUT2D eigenvalue weighted by atomic mass is 16.5. The van der Waals surface area contributed by atoms with Crippen LogP contribution >= 0.6 is 0 Å². The van der Waals surface area contributed by atoms with Crippen LogP contribution in [0.25, 0.3) is 0 Å². The molecule has 1 N–H and O–H groups in total. The molecule has 1 atom stereocenters. The number of benzene rings is 1. The Kier molecular flexibility index (Phi) is 5.11. The van der Waals surface area contributed by atoms with Crippen LogP contribution in [0.4, 0.5) is 0 Å². The quantitative estimate of drug-likeness (QED) is 0.883. The highest BCUT2D eigenvalue weighted by molar-refractivity contribution is 5.29. The molecular weight excluding hydrogens is 266 g/mol. The van der Waals surface area contributed by atoms with Crippen LogP contribution in [0.15, 0.2) is 47.7 Å². The predicted octanol–water partition coefficient (Wildman–Crippen LogP) is 1.99. The Hall–Kier alpha value is -2.14. The minimum atomic E-state index is -0.0509. The second kappa shape index (κ2) is 7.04. The molecule has 0 aliphatic rings. The SMILES string of the molecule is CNC(Cn1cnccc1=O)c1ccc(OC(C)C)cc1. The summed E-state index contributed by atoms with van der Waals surface area (Å²) in [5.74, 6) is 0.849. The summed E-state index contributed by atoms with van der Waals surface area (Å²) in [6.45, 7) is 4.53. The maximum atomic E-state index is 11.8. The normalized spacial score (nSPS) is 12.4. The third-order valence-corrected chi connectivity index (χ3v) is 3.17. The molecule has 2 aromatic rings. The van der Waals surface area contributed by atoms with Gasteiger partial charge in [0.1, 0.15) is 5.75 Å². The monoisotopic (exact) mass is 287 g/mol. The van der Waals surface area contributed by atoms with Gasteiger partial charge in [-0.25, -0.2) is 4.98 Å². The van der Waals surface area contributed by atoms with E-state index in [1.807, 2.05) is 45.2 Å². The van der Waals surface area contributed by atoms with Crippen LogP contribution in [-0.2, 0) is 6.54 Å². The summed E-state index contributed by atoms with van der Waals surface area (Å²) in [4.78, 5) is 15.7. The zero-order valence-corrected chi connectivity index (χ0v) is 12.6. The molecule has 5 nitrogen and oxygen atoms in total. The fraction of sp³-hybridized carbons (Fsp3) is 0.375. The number of hydrogen-bond donors (Lipinski definition) is 1. The van der Waals surface area contributed by atoms with Crippen molar-refractivity contribution >= 4 is 0 Å². The third-order valence-electron chi connectivity index (χ3n) is 3.17. The molecule has 5 heteroatoms. The number of aromatic nitrogens is 2. The predicted molar refractivity (Wildman–Crippen MR) is 82.5 cm³/mol. The van der Waals surface area contributed by atoms with Gasteiger partial charge in [-0.05, 0) is 38.6 Å². The first-order valence-electron chi connectivity index (χ1n) is 7.04. The van der Waals surface area contributed by atoms with E-state index in [0.717, 1.165) is 11.3 Å². The number of likely N-dealkylation sites (N-methyl/N-ethyl adjacent to an activating group) is 1. The van der Waals surface area contributed by atoms with E-state index < -0.39 is 0 Å². The molecule has 0 fully saturated rings. The summed E-state index contributed by atoms with van der Waals surface area (Å²) in [7, 11) is 1.88. The van der Waals surface area contributed by atoms with E-state index in [4.69, 9.17) is 4.74 Å². The number of ether oxygens (including phenoxy) is 1. The lowest BCUT2D eigenvalue weighted by molar-refractivity contribution is 0.242. The van der Waals surface area contributed by atoms with Crippen molar-refractivity contribution < 1.29 is 4.74 Å². The molecule has 0 amide bonds. The summed E-state index contributed by atoms with van der Waals surface area (Å²) in [5, 5.41) is 3.23. The molecule has 1 aromatic carbocycles. The smallest absolute Gasteiger partial charge is 0.253 e. The minimum absolute atomic E-state index is 0.0417. The molecule has 0 aliphatic carbocycles. The van der Waals surface area contributed by atoms with Gasteiger partial charge in [-0.2, -0.15) is 0 Å². The highest BCUT2D eigenvalue weighted by Gasteiger charge is 2.11. The van der Waals surface area contributed by atoms with Gasteiger partial charge in [-0.3, -0.25) is 9.36 Å². The molecular formula is C16H21N3O2. The van der Waals surface area contributed by atoms with E-state index in [-0.39, 0.29) is 17.7 Å². The van der Waals surface area contributed by atoms with Crippen molar-refractivity contribution in [3.05, 3.63) is 58.8 Å². The van der Waals surface area contributed by atoms with Crippen molar-refractivity contribution in [1.29, 1.82) is 0 Å². The van der Waals surface area contributed by atoms with Gasteiger partial charge in [-0.15, -0.1) is 0 Å². The lowest BCUT2D eigenvalue weighted by atomic mass is 10.1. The van der Waals surface area contributed by atoms with Crippen molar-refractivity contribution in [1.82, 2.24) is 14.9 Å². The average Bonchev–Trinajstić information content (AvgIpc) is 2.47. The molecule has 0 saturated carbocycles. The second-order valence-corrected chi connectivity index (χ2v) is 5.15. The molecule has 0 radical (unpaired) electrons. The van der Waals surface area contributed by atoms with Crippen LogP contribution in [0, 0.1) is 0 Å². The minimum Gasteiger partial charge on any atom is -0.491 e. The first-order valence-corrected chi connectivity index (χ1v) is 7.04. The van der Waals surface area contributed by atoms with Crippen LogP contribution in [0.2, 0.25) is 0 Å². The lowest BCUT2D eigenvalue weighted by Gasteiger charge is -2.18. The van der Waals surface area contributed by atoms with Gasteiger partial charge in [0.05, 0.1) is 18.5 Å². The van der Waals surface area contributed by atoms with Crippen LogP contribution in [-0.4, -0.2) is 22.7 Å². The maximum Gasteiger partial charge on any atom is 0.253 e. The highest BCUT2D eigenvalue weighted by Crippen LogP contribution is 2.19. The largest absolute Gasteiger partial charge is 0.491 e. The van der Waals surface area contributed by atoms with Gasteiger partial charge in [0.15, 0.2) is 0 Å². The van der Waals surface area contributed by atoms with Gasteiger partial charge in [-0.1, -0.05) is 12.1 Å². The van der Waals surface area contributed by atoms with Crippen molar-refractivity contribution in [3.8, 4) is 5.75 Å². The van der Waals surface area contributed by atoms with E-state index >= 15 is 0 Å². The van der Waals surface area contributed by atoms with Gasteiger partial charge >= 0.3 is 0 Å². The number of rotatable bonds is 6. The number of nitrogens with zero attached hydrogens (tertiary/aromatic N) is 2. The molecule has 0 spiro atoms. The van der Waals surface area contributed by atoms with Gasteiger partial charge in [0, 0.05) is 18.8 Å². The first-order chi connectivity index (χ1) is 10.1. The maximum absolute atomic E-state index is 11.8. The van der Waals surface area contributed by atoms with E-state index in [9.17, 15) is 4.79 Å². The fourth-order valence-corrected chi connectivity index (χ4v) is 2.13. The molecule has 0 bridgehead atoms. The molecule has 2 rings (SSSR count). The number of nitrogens with one attached hydrogen (secondary N) is 1. The fourth-order valence-electron chi connectivity index (χ4n) is 2.13. The van der Waals surface area contributed by atoms with Gasteiger partial charge in [0.2, 0.25) is 0 Å². The summed E-state index contributed by atoms with van der Waals surface area (Å²) in [6.07, 6.45) is 3.22. The zero-order valence-electron chi connectivity index (χ0n) is 12.6. The second-order valence-electron chi connectivity index (χ2n) is 5.15. The Morgan fingerprint density at radius 2 is 1.95 bits per heavy atom. The summed E-state index contributed by atoms with van der Waals surface area (Å²) < 4.78 is 7.23. The van der Waals surface area contributed by atoms with E-state index in [1.165, 1.54) is 12.3 Å². The lowest BCUT2D eigenvalue weighted by Crippen LogP contribution is -2.28. The molecule has 112 valence electrons. The topological polar surface area (TPSA) is 56.2 Å². The van der Waals surface area contributed by atoms with E-state index in [0.29, 0.717) is 6.54 Å². The Morgan fingerprint density at radius 3 is 2.52 bits per heavy atom. The Balaban J connectivity index is 2.14. The number of hydrogen-bond acceptors (Lipinski definition) is 4. The Morgan fingerprint density at radius 1 is 1.24 bits per heavy atom. The van der Waals surface area contributed by atoms with E-state index in [2.05, 4.69) is 10.3 Å². The Labute approximate surface area is 124 Å². The molecule has 1 unspecified atom stereocenters. The first kappa shape index (κ1) is 15.3. The van der Waals surface area contributed by atoms with Crippen molar-refractivity contribution in [2.24, 2.45) is 0 Å². The van der Waals surface area contributed by atoms with Crippen LogP contribution in [0.1, 0.15) is 25.5 Å². The third kappa shape index (κ3) is 4.16. The summed E-state index contributed by atoms with van der Waals surface area (Å²) >= 11 is 0. The van der Waals surface area contributed by atoms with E-state index in [1.54, 1.807) is 10.9 Å². The van der Waals surface area contributed by atoms with Crippen LogP contribution < -0.4 is 15.6 Å². The molecule has 0 saturated heterocycles. The van der Waals surface area contributed by atoms with Gasteiger partial charge < -0.3 is 10.1 Å². The molecule has 21 heavy (non-hydrogen) atoms. The van der Waals surface area contributed by atoms with Crippen LogP contribution in [0.5, 0.6) is 5.75 Å².